The molecule has 0 spiro atoms. The summed E-state index contributed by atoms with van der Waals surface area (Å²) < 4.78 is 2.58. The van der Waals surface area contributed by atoms with Crippen molar-refractivity contribution in [2.24, 2.45) is 0 Å². The summed E-state index contributed by atoms with van der Waals surface area (Å²) in [6.07, 6.45) is 31.3. The molecule has 0 amide bonds. The van der Waals surface area contributed by atoms with Crippen LogP contribution in [0.4, 0.5) is 0 Å². The van der Waals surface area contributed by atoms with E-state index in [4.69, 9.17) is 6.42 Å². The molecule has 6 aliphatic carbocycles. The van der Waals surface area contributed by atoms with Crippen LogP contribution in [0, 0.1) is 12.3 Å². The minimum absolute atomic E-state index is 0.0551. The summed E-state index contributed by atoms with van der Waals surface area (Å²) in [5, 5.41) is 1.29. The zero-order valence-electron chi connectivity index (χ0n) is 33.9. The van der Waals surface area contributed by atoms with Gasteiger partial charge in [-0.3, -0.25) is 0 Å². The lowest BCUT2D eigenvalue weighted by molar-refractivity contribution is 0.607. The number of hydrogen-bond donors (Lipinski definition) is 0. The molecule has 1 heteroatoms. The molecule has 5 aromatic rings. The number of hydrogen-bond acceptors (Lipinski definition) is 0. The second-order valence-corrected chi connectivity index (χ2v) is 18.1. The second kappa shape index (κ2) is 12.3. The van der Waals surface area contributed by atoms with Gasteiger partial charge in [-0.15, -0.1) is 6.42 Å². The van der Waals surface area contributed by atoms with Gasteiger partial charge in [0.1, 0.15) is 0 Å². The highest BCUT2D eigenvalue weighted by molar-refractivity contribution is 6.01. The molecular formula is C56H49N. The van der Waals surface area contributed by atoms with E-state index in [-0.39, 0.29) is 10.8 Å². The summed E-state index contributed by atoms with van der Waals surface area (Å²) >= 11 is 0. The Kier molecular flexibility index (Phi) is 7.44. The average molecular weight is 736 g/mol. The highest BCUT2D eigenvalue weighted by Crippen LogP contribution is 2.55. The van der Waals surface area contributed by atoms with Crippen molar-refractivity contribution in [3.63, 3.8) is 0 Å². The van der Waals surface area contributed by atoms with Crippen LogP contribution < -0.4 is 0 Å². The van der Waals surface area contributed by atoms with E-state index in [1.165, 1.54) is 94.6 Å². The third kappa shape index (κ3) is 4.83. The highest BCUT2D eigenvalue weighted by Gasteiger charge is 2.40. The van der Waals surface area contributed by atoms with Crippen molar-refractivity contribution in [1.82, 2.24) is 4.57 Å². The lowest BCUT2D eigenvalue weighted by atomic mass is 9.78. The quantitative estimate of drug-likeness (QED) is 0.128. The first-order valence-electron chi connectivity index (χ1n) is 21.1. The molecule has 0 bridgehead atoms. The Hall–Kier alpha value is -5.84. The zero-order chi connectivity index (χ0) is 38.8. The number of benzene rings is 4. The average Bonchev–Trinajstić information content (AvgIpc) is 3.91. The molecule has 1 nitrogen and oxygen atoms in total. The fraction of sp³-hybridized carbons (Fsp3) is 0.250. The maximum atomic E-state index is 5.67. The van der Waals surface area contributed by atoms with Gasteiger partial charge in [0.2, 0.25) is 0 Å². The Bertz CT molecular complexity index is 2920. The molecule has 0 saturated carbocycles. The van der Waals surface area contributed by atoms with Gasteiger partial charge in [-0.2, -0.15) is 0 Å². The molecule has 0 N–H and O–H groups in total. The van der Waals surface area contributed by atoms with Crippen molar-refractivity contribution in [3.8, 4) is 29.2 Å². The first kappa shape index (κ1) is 34.4. The van der Waals surface area contributed by atoms with Gasteiger partial charge in [0.05, 0.1) is 5.52 Å². The number of fused-ring (bicyclic) bond motifs is 11. The van der Waals surface area contributed by atoms with Crippen LogP contribution in [-0.4, -0.2) is 4.57 Å². The van der Waals surface area contributed by atoms with E-state index in [2.05, 4.69) is 154 Å². The van der Waals surface area contributed by atoms with Gasteiger partial charge in [-0.05, 0) is 184 Å². The molecule has 0 aliphatic heterocycles. The third-order valence-corrected chi connectivity index (χ3v) is 14.5. The van der Waals surface area contributed by atoms with Crippen molar-refractivity contribution >= 4 is 39.3 Å². The van der Waals surface area contributed by atoms with Crippen molar-refractivity contribution in [1.29, 1.82) is 0 Å². The second-order valence-electron chi connectivity index (χ2n) is 18.1. The number of rotatable bonds is 4. The third-order valence-electron chi connectivity index (χ3n) is 14.5. The van der Waals surface area contributed by atoms with Gasteiger partial charge in [0.15, 0.2) is 0 Å². The molecule has 57 heavy (non-hydrogen) atoms. The normalized spacial score (nSPS) is 19.3. The minimum Gasteiger partial charge on any atom is -0.313 e. The number of nitrogens with zero attached hydrogens (tertiary/aromatic N) is 1. The monoisotopic (exact) mass is 735 g/mol. The van der Waals surface area contributed by atoms with E-state index < -0.39 is 0 Å². The number of aromatic nitrogens is 1. The van der Waals surface area contributed by atoms with Crippen LogP contribution in [0.15, 0.2) is 120 Å². The van der Waals surface area contributed by atoms with Gasteiger partial charge in [0.25, 0.3) is 0 Å². The maximum Gasteiger partial charge on any atom is 0.0538 e. The van der Waals surface area contributed by atoms with Crippen LogP contribution in [-0.2, 0) is 23.7 Å². The lowest BCUT2D eigenvalue weighted by Gasteiger charge is -2.26. The molecular weight excluding hydrogens is 687 g/mol. The van der Waals surface area contributed by atoms with Gasteiger partial charge in [-0.25, -0.2) is 0 Å². The smallest absolute Gasteiger partial charge is 0.0538 e. The van der Waals surface area contributed by atoms with E-state index in [0.717, 1.165) is 50.5 Å². The van der Waals surface area contributed by atoms with Gasteiger partial charge in [0, 0.05) is 33.2 Å². The molecule has 6 aliphatic rings. The van der Waals surface area contributed by atoms with Crippen LogP contribution in [0.25, 0.3) is 56.1 Å². The van der Waals surface area contributed by atoms with E-state index in [1.807, 2.05) is 0 Å². The Morgan fingerprint density at radius 2 is 1.58 bits per heavy atom. The largest absolute Gasteiger partial charge is 0.313 e. The maximum absolute atomic E-state index is 5.67. The van der Waals surface area contributed by atoms with E-state index in [1.54, 1.807) is 22.8 Å². The minimum atomic E-state index is -0.0900. The molecule has 0 atom stereocenters. The summed E-state index contributed by atoms with van der Waals surface area (Å²) in [5.41, 5.74) is 28.2. The summed E-state index contributed by atoms with van der Waals surface area (Å²) in [6, 6.07) is 26.6. The Labute approximate surface area is 338 Å². The van der Waals surface area contributed by atoms with Crippen molar-refractivity contribution in [3.05, 3.63) is 176 Å². The van der Waals surface area contributed by atoms with E-state index >= 15 is 0 Å². The Balaban J connectivity index is 1.06. The van der Waals surface area contributed by atoms with Crippen LogP contribution >= 0.6 is 0 Å². The summed E-state index contributed by atoms with van der Waals surface area (Å²) in [5.74, 6) is 2.69. The van der Waals surface area contributed by atoms with Crippen molar-refractivity contribution in [2.45, 2.75) is 90.4 Å². The van der Waals surface area contributed by atoms with Crippen LogP contribution in [0.5, 0.6) is 0 Å². The molecule has 1 heterocycles. The predicted octanol–water partition coefficient (Wildman–Crippen LogP) is 14.1. The molecule has 0 unspecified atom stereocenters. The molecule has 11 rings (SSSR count). The molecule has 4 aromatic carbocycles. The molecule has 0 saturated heterocycles. The zero-order valence-corrected chi connectivity index (χ0v) is 33.9. The topological polar surface area (TPSA) is 4.93 Å². The van der Waals surface area contributed by atoms with Crippen LogP contribution in [0.3, 0.4) is 0 Å². The predicted molar refractivity (Wildman–Crippen MR) is 242 cm³/mol. The lowest BCUT2D eigenvalue weighted by Crippen LogP contribution is -2.18. The Morgan fingerprint density at radius 1 is 0.772 bits per heavy atom. The Morgan fingerprint density at radius 3 is 2.44 bits per heavy atom. The van der Waals surface area contributed by atoms with Crippen molar-refractivity contribution in [2.75, 3.05) is 0 Å². The van der Waals surface area contributed by atoms with Crippen LogP contribution in [0.2, 0.25) is 0 Å². The molecule has 0 fully saturated rings. The van der Waals surface area contributed by atoms with Gasteiger partial charge in [-0.1, -0.05) is 106 Å². The SMILES string of the molecule is C#C/C=C\C(=C/C)c1ccc2c(c1)c1c(n2-c2ccc3c(c2)C(C)(C)c2ccc4c(c2-3)CC2=C4CCC=C2)CCC(c2ccc3c(c2)C(C)(C)C2=C3C=CCC2)=C1. The van der Waals surface area contributed by atoms with Gasteiger partial charge < -0.3 is 4.57 Å². The highest BCUT2D eigenvalue weighted by atomic mass is 15.0. The molecule has 278 valence electrons. The van der Waals surface area contributed by atoms with Crippen molar-refractivity contribution < 1.29 is 0 Å². The first-order chi connectivity index (χ1) is 27.7. The number of terminal acetylenes is 1. The molecule has 0 radical (unpaired) electrons. The van der Waals surface area contributed by atoms with E-state index in [0.29, 0.717) is 0 Å². The summed E-state index contributed by atoms with van der Waals surface area (Å²) in [6.45, 7) is 11.8. The van der Waals surface area contributed by atoms with Crippen LogP contribution in [0.1, 0.15) is 122 Å². The number of allylic oxidation sites excluding steroid dienone is 13. The summed E-state index contributed by atoms with van der Waals surface area (Å²) in [7, 11) is 0. The molecule has 1 aromatic heterocycles. The standard InChI is InChI=1S/C56H49N/c1-7-9-14-34(8-2)35-20-27-52-45(29-35)46-30-36(37-19-23-43-42-17-12-13-18-48(42)55(3,4)50(43)32-37)21-28-53(46)57(52)39-22-24-44-51(33-39)56(5,6)49-26-25-41-40-16-11-10-15-38(40)31-47(41)54(44)49/h1,8-10,12,14-15,17,19-20,22-27,29-30,32-33H,11,13,16,18,21,28,31H2,2-6H3/b14-9-,34-8+. The first-order valence-corrected chi connectivity index (χ1v) is 21.1. The van der Waals surface area contributed by atoms with Gasteiger partial charge >= 0.3 is 0 Å². The van der Waals surface area contributed by atoms with E-state index in [9.17, 15) is 0 Å². The fourth-order valence-corrected chi connectivity index (χ4v) is 11.6. The summed E-state index contributed by atoms with van der Waals surface area (Å²) in [4.78, 5) is 0. The fourth-order valence-electron chi connectivity index (χ4n) is 11.6.